The van der Waals surface area contributed by atoms with Gasteiger partial charge in [-0.25, -0.2) is 0 Å². The van der Waals surface area contributed by atoms with Gasteiger partial charge in [0, 0.05) is 12.1 Å². The molecule has 0 aliphatic heterocycles. The average Bonchev–Trinajstić information content (AvgIpc) is 2.61. The molecule has 1 N–H and O–H groups in total. The van der Waals surface area contributed by atoms with E-state index >= 15 is 0 Å². The summed E-state index contributed by atoms with van der Waals surface area (Å²) in [5.41, 5.74) is 0.458. The van der Waals surface area contributed by atoms with Crippen LogP contribution < -0.4 is 0 Å². The van der Waals surface area contributed by atoms with Crippen LogP contribution in [0.1, 0.15) is 16.1 Å². The van der Waals surface area contributed by atoms with Crippen molar-refractivity contribution < 1.29 is 27.5 Å². The van der Waals surface area contributed by atoms with Crippen molar-refractivity contribution in [1.29, 1.82) is 0 Å². The predicted molar refractivity (Wildman–Crippen MR) is 52.5 cm³/mol. The second kappa shape index (κ2) is 5.22. The minimum atomic E-state index is -4.51. The number of amides is 1. The smallest absolute Gasteiger partial charge is 0.406 e. The van der Waals surface area contributed by atoms with Crippen LogP contribution in [-0.2, 0) is 0 Å². The van der Waals surface area contributed by atoms with Gasteiger partial charge in [-0.3, -0.25) is 4.79 Å². The molecular formula is C10H12F3NO3. The fraction of sp³-hybridized carbons (Fsp3) is 0.500. The van der Waals surface area contributed by atoms with Crippen LogP contribution in [0.2, 0.25) is 0 Å². The Kier molecular flexibility index (Phi) is 4.17. The van der Waals surface area contributed by atoms with Crippen LogP contribution in [0, 0.1) is 6.92 Å². The Morgan fingerprint density at radius 3 is 2.59 bits per heavy atom. The number of rotatable bonds is 4. The highest BCUT2D eigenvalue weighted by Crippen LogP contribution is 2.19. The average molecular weight is 251 g/mol. The Balaban J connectivity index is 2.84. The Morgan fingerprint density at radius 2 is 2.18 bits per heavy atom. The molecule has 0 fully saturated rings. The number of aryl methyl sites for hydroxylation is 1. The van der Waals surface area contributed by atoms with E-state index in [-0.39, 0.29) is 5.76 Å². The normalized spacial score (nSPS) is 11.6. The van der Waals surface area contributed by atoms with Gasteiger partial charge >= 0.3 is 6.18 Å². The summed E-state index contributed by atoms with van der Waals surface area (Å²) in [6.07, 6.45) is -3.28. The number of carbonyl (C=O) groups is 1. The second-order valence-corrected chi connectivity index (χ2v) is 3.50. The number of hydrogen-bond acceptors (Lipinski definition) is 3. The summed E-state index contributed by atoms with van der Waals surface area (Å²) >= 11 is 0. The van der Waals surface area contributed by atoms with Crippen molar-refractivity contribution in [2.45, 2.75) is 13.1 Å². The molecular weight excluding hydrogens is 239 g/mol. The largest absolute Gasteiger partial charge is 0.459 e. The van der Waals surface area contributed by atoms with Crippen molar-refractivity contribution in [3.05, 3.63) is 23.7 Å². The number of aliphatic hydroxyl groups excluding tert-OH is 1. The highest BCUT2D eigenvalue weighted by atomic mass is 19.4. The molecule has 1 amide bonds. The van der Waals surface area contributed by atoms with E-state index in [0.29, 0.717) is 10.5 Å². The lowest BCUT2D eigenvalue weighted by Crippen LogP contribution is -2.40. The Morgan fingerprint density at radius 1 is 1.53 bits per heavy atom. The topological polar surface area (TPSA) is 53.7 Å². The highest BCUT2D eigenvalue weighted by Gasteiger charge is 2.34. The number of nitrogens with zero attached hydrogens (tertiary/aromatic N) is 1. The van der Waals surface area contributed by atoms with Crippen LogP contribution in [0.4, 0.5) is 13.2 Å². The number of aliphatic hydroxyl groups is 1. The molecule has 0 bridgehead atoms. The first-order chi connectivity index (χ1) is 7.85. The summed E-state index contributed by atoms with van der Waals surface area (Å²) in [6.45, 7) is -0.784. The zero-order chi connectivity index (χ0) is 13.1. The Bertz CT molecular complexity index is 386. The number of alkyl halides is 3. The van der Waals surface area contributed by atoms with Crippen LogP contribution in [0.15, 0.2) is 16.7 Å². The number of furan rings is 1. The van der Waals surface area contributed by atoms with E-state index in [1.165, 1.54) is 12.3 Å². The van der Waals surface area contributed by atoms with E-state index < -0.39 is 31.8 Å². The SMILES string of the molecule is Cc1ccoc1C(=O)N(CCO)CC(F)(F)F. The maximum Gasteiger partial charge on any atom is 0.406 e. The zero-order valence-corrected chi connectivity index (χ0v) is 9.12. The standard InChI is InChI=1S/C10H12F3NO3/c1-7-2-5-17-8(7)9(16)14(3-4-15)6-10(11,12)13/h2,5,15H,3-4,6H2,1H3. The van der Waals surface area contributed by atoms with Gasteiger partial charge < -0.3 is 14.4 Å². The first-order valence-electron chi connectivity index (χ1n) is 4.86. The van der Waals surface area contributed by atoms with Gasteiger partial charge in [0.2, 0.25) is 0 Å². The Hall–Kier alpha value is -1.50. The maximum absolute atomic E-state index is 12.2. The van der Waals surface area contributed by atoms with Gasteiger partial charge in [-0.2, -0.15) is 13.2 Å². The third-order valence-corrected chi connectivity index (χ3v) is 2.08. The molecule has 7 heteroatoms. The van der Waals surface area contributed by atoms with Gasteiger partial charge in [0.05, 0.1) is 12.9 Å². The molecule has 1 aromatic heterocycles. The lowest BCUT2D eigenvalue weighted by Gasteiger charge is -2.22. The van der Waals surface area contributed by atoms with Crippen LogP contribution in [0.25, 0.3) is 0 Å². The minimum Gasteiger partial charge on any atom is -0.459 e. The lowest BCUT2D eigenvalue weighted by atomic mass is 10.2. The molecule has 0 saturated heterocycles. The van der Waals surface area contributed by atoms with Gasteiger partial charge in [-0.05, 0) is 13.0 Å². The van der Waals surface area contributed by atoms with Crippen molar-refractivity contribution in [2.24, 2.45) is 0 Å². The summed E-state index contributed by atoms with van der Waals surface area (Å²) in [4.78, 5) is 12.2. The Labute approximate surface area is 95.6 Å². The minimum absolute atomic E-state index is 0.136. The number of hydrogen-bond donors (Lipinski definition) is 1. The van der Waals surface area contributed by atoms with Gasteiger partial charge in [0.1, 0.15) is 6.54 Å². The monoisotopic (exact) mass is 251 g/mol. The third-order valence-electron chi connectivity index (χ3n) is 2.08. The fourth-order valence-electron chi connectivity index (χ4n) is 1.32. The van der Waals surface area contributed by atoms with E-state index in [2.05, 4.69) is 0 Å². The molecule has 0 aromatic carbocycles. The van der Waals surface area contributed by atoms with Crippen molar-refractivity contribution in [2.75, 3.05) is 19.7 Å². The quantitative estimate of drug-likeness (QED) is 0.884. The van der Waals surface area contributed by atoms with Gasteiger partial charge in [0.15, 0.2) is 5.76 Å². The lowest BCUT2D eigenvalue weighted by molar-refractivity contribution is -0.141. The summed E-state index contributed by atoms with van der Waals surface area (Å²) in [5, 5.41) is 8.66. The molecule has 17 heavy (non-hydrogen) atoms. The summed E-state index contributed by atoms with van der Waals surface area (Å²) < 4.78 is 41.5. The van der Waals surface area contributed by atoms with Crippen LogP contribution in [-0.4, -0.2) is 41.8 Å². The van der Waals surface area contributed by atoms with Crippen molar-refractivity contribution in [3.63, 3.8) is 0 Å². The molecule has 1 aromatic rings. The van der Waals surface area contributed by atoms with E-state index in [1.54, 1.807) is 6.92 Å². The molecule has 0 aliphatic rings. The van der Waals surface area contributed by atoms with Crippen LogP contribution in [0.3, 0.4) is 0 Å². The number of carbonyl (C=O) groups excluding carboxylic acids is 1. The molecule has 0 radical (unpaired) electrons. The van der Waals surface area contributed by atoms with Crippen molar-refractivity contribution >= 4 is 5.91 Å². The second-order valence-electron chi connectivity index (χ2n) is 3.50. The fourth-order valence-corrected chi connectivity index (χ4v) is 1.32. The van der Waals surface area contributed by atoms with E-state index in [4.69, 9.17) is 9.52 Å². The van der Waals surface area contributed by atoms with E-state index in [9.17, 15) is 18.0 Å². The third kappa shape index (κ3) is 3.77. The highest BCUT2D eigenvalue weighted by molar-refractivity contribution is 5.92. The molecule has 0 aliphatic carbocycles. The first kappa shape index (κ1) is 13.6. The van der Waals surface area contributed by atoms with Crippen LogP contribution >= 0.6 is 0 Å². The predicted octanol–water partition coefficient (Wildman–Crippen LogP) is 1.58. The van der Waals surface area contributed by atoms with E-state index in [0.717, 1.165) is 0 Å². The molecule has 96 valence electrons. The number of halogens is 3. The van der Waals surface area contributed by atoms with Crippen molar-refractivity contribution in [3.8, 4) is 0 Å². The first-order valence-corrected chi connectivity index (χ1v) is 4.86. The molecule has 0 atom stereocenters. The van der Waals surface area contributed by atoms with Crippen LogP contribution in [0.5, 0.6) is 0 Å². The summed E-state index contributed by atoms with van der Waals surface area (Å²) in [6, 6.07) is 1.48. The molecule has 0 unspecified atom stereocenters. The van der Waals surface area contributed by atoms with Crippen molar-refractivity contribution in [1.82, 2.24) is 4.90 Å². The maximum atomic E-state index is 12.2. The van der Waals surface area contributed by atoms with Gasteiger partial charge in [-0.15, -0.1) is 0 Å². The zero-order valence-electron chi connectivity index (χ0n) is 9.12. The van der Waals surface area contributed by atoms with Gasteiger partial charge in [-0.1, -0.05) is 0 Å². The molecule has 1 heterocycles. The molecule has 4 nitrogen and oxygen atoms in total. The molecule has 0 spiro atoms. The van der Waals surface area contributed by atoms with E-state index in [1.807, 2.05) is 0 Å². The molecule has 1 rings (SSSR count). The summed E-state index contributed by atoms with van der Waals surface area (Å²) in [7, 11) is 0. The molecule has 0 saturated carbocycles. The summed E-state index contributed by atoms with van der Waals surface area (Å²) in [5.74, 6) is -1.01. The van der Waals surface area contributed by atoms with Gasteiger partial charge in [0.25, 0.3) is 5.91 Å².